The molecular formula is C17H28N2O. The zero-order valence-electron chi connectivity index (χ0n) is 13.5. The van der Waals surface area contributed by atoms with Crippen LogP contribution in [0.4, 0.5) is 0 Å². The van der Waals surface area contributed by atoms with Crippen molar-refractivity contribution in [1.29, 1.82) is 0 Å². The van der Waals surface area contributed by atoms with E-state index in [1.807, 2.05) is 0 Å². The Morgan fingerprint density at radius 2 is 2.15 bits per heavy atom. The van der Waals surface area contributed by atoms with Gasteiger partial charge in [0.25, 0.3) is 0 Å². The number of furan rings is 1. The summed E-state index contributed by atoms with van der Waals surface area (Å²) in [5, 5.41) is 3.90. The molecule has 1 fully saturated rings. The lowest BCUT2D eigenvalue weighted by molar-refractivity contribution is 0.224. The van der Waals surface area contributed by atoms with Gasteiger partial charge in [-0.1, -0.05) is 13.8 Å². The first kappa shape index (κ1) is 14.2. The van der Waals surface area contributed by atoms with Crippen molar-refractivity contribution >= 4 is 0 Å². The van der Waals surface area contributed by atoms with Crippen molar-refractivity contribution in [3.05, 3.63) is 23.2 Å². The van der Waals surface area contributed by atoms with E-state index in [2.05, 4.69) is 51.0 Å². The molecule has 2 heterocycles. The van der Waals surface area contributed by atoms with Crippen LogP contribution in [0.3, 0.4) is 0 Å². The van der Waals surface area contributed by atoms with Crippen molar-refractivity contribution < 1.29 is 4.42 Å². The zero-order chi connectivity index (χ0) is 14.5. The molecule has 3 atom stereocenters. The normalized spacial score (nSPS) is 33.4. The van der Waals surface area contributed by atoms with E-state index in [0.717, 1.165) is 18.7 Å². The largest absolute Gasteiger partial charge is 0.466 e. The Bertz CT molecular complexity index is 481. The third kappa shape index (κ3) is 2.66. The number of likely N-dealkylation sites (N-methyl/N-ethyl adjacent to an activating group) is 1. The predicted molar refractivity (Wildman–Crippen MR) is 81.9 cm³/mol. The maximum Gasteiger partial charge on any atom is 0.109 e. The van der Waals surface area contributed by atoms with Crippen LogP contribution in [0.1, 0.15) is 56.7 Å². The van der Waals surface area contributed by atoms with E-state index < -0.39 is 0 Å². The molecule has 1 aromatic heterocycles. The standard InChI is InChI=1S/C17H28N2O/c1-11-6-13(10-19(11)5)18-15-8-17(3,4)9-16-14(15)7-12(2)20-16/h7,11,13,15,18H,6,8-10H2,1-5H3. The molecule has 3 unspecified atom stereocenters. The van der Waals surface area contributed by atoms with E-state index in [1.165, 1.54) is 24.2 Å². The highest BCUT2D eigenvalue weighted by atomic mass is 16.3. The lowest BCUT2D eigenvalue weighted by atomic mass is 9.74. The quantitative estimate of drug-likeness (QED) is 0.898. The van der Waals surface area contributed by atoms with Gasteiger partial charge in [-0.25, -0.2) is 0 Å². The van der Waals surface area contributed by atoms with Gasteiger partial charge in [-0.3, -0.25) is 0 Å². The Morgan fingerprint density at radius 1 is 1.40 bits per heavy atom. The van der Waals surface area contributed by atoms with Gasteiger partial charge in [0, 0.05) is 36.7 Å². The molecule has 112 valence electrons. The summed E-state index contributed by atoms with van der Waals surface area (Å²) in [5.41, 5.74) is 1.73. The van der Waals surface area contributed by atoms with Crippen molar-refractivity contribution in [2.75, 3.05) is 13.6 Å². The molecule has 0 spiro atoms. The van der Waals surface area contributed by atoms with Gasteiger partial charge in [-0.15, -0.1) is 0 Å². The topological polar surface area (TPSA) is 28.4 Å². The Balaban J connectivity index is 1.79. The van der Waals surface area contributed by atoms with Gasteiger partial charge in [0.1, 0.15) is 11.5 Å². The second-order valence-corrected chi connectivity index (χ2v) is 7.72. The SMILES string of the molecule is Cc1cc2c(o1)CC(C)(C)CC2NC1CC(C)N(C)C1. The minimum absolute atomic E-state index is 0.324. The van der Waals surface area contributed by atoms with Crippen molar-refractivity contribution in [2.45, 2.75) is 65.1 Å². The maximum absolute atomic E-state index is 5.93. The summed E-state index contributed by atoms with van der Waals surface area (Å²) in [6.07, 6.45) is 3.52. The summed E-state index contributed by atoms with van der Waals surface area (Å²) < 4.78 is 5.93. The third-order valence-electron chi connectivity index (χ3n) is 5.06. The highest BCUT2D eigenvalue weighted by Crippen LogP contribution is 2.42. The van der Waals surface area contributed by atoms with Crippen molar-refractivity contribution in [1.82, 2.24) is 10.2 Å². The first-order chi connectivity index (χ1) is 9.34. The molecule has 1 aliphatic carbocycles. The average Bonchev–Trinajstić information content (AvgIpc) is 2.81. The Labute approximate surface area is 122 Å². The van der Waals surface area contributed by atoms with Crippen LogP contribution in [0.25, 0.3) is 0 Å². The van der Waals surface area contributed by atoms with E-state index in [9.17, 15) is 0 Å². The number of likely N-dealkylation sites (tertiary alicyclic amines) is 1. The molecule has 3 heteroatoms. The van der Waals surface area contributed by atoms with Crippen LogP contribution in [0.2, 0.25) is 0 Å². The first-order valence-corrected chi connectivity index (χ1v) is 7.89. The number of aryl methyl sites for hydroxylation is 1. The van der Waals surface area contributed by atoms with Crippen LogP contribution >= 0.6 is 0 Å². The number of fused-ring (bicyclic) bond motifs is 1. The van der Waals surface area contributed by atoms with Gasteiger partial charge in [0.2, 0.25) is 0 Å². The molecule has 2 aliphatic rings. The summed E-state index contributed by atoms with van der Waals surface area (Å²) in [6.45, 7) is 10.2. The molecule has 0 saturated carbocycles. The third-order valence-corrected chi connectivity index (χ3v) is 5.06. The summed E-state index contributed by atoms with van der Waals surface area (Å²) in [4.78, 5) is 2.45. The van der Waals surface area contributed by atoms with Crippen molar-refractivity contribution in [3.63, 3.8) is 0 Å². The van der Waals surface area contributed by atoms with E-state index >= 15 is 0 Å². The predicted octanol–water partition coefficient (Wildman–Crippen LogP) is 3.28. The highest BCUT2D eigenvalue weighted by Gasteiger charge is 2.37. The maximum atomic E-state index is 5.93. The number of hydrogen-bond acceptors (Lipinski definition) is 3. The molecule has 20 heavy (non-hydrogen) atoms. The molecule has 0 bridgehead atoms. The molecule has 0 radical (unpaired) electrons. The van der Waals surface area contributed by atoms with E-state index in [1.54, 1.807) is 0 Å². The second kappa shape index (κ2) is 4.88. The molecule has 1 saturated heterocycles. The first-order valence-electron chi connectivity index (χ1n) is 7.89. The number of hydrogen-bond donors (Lipinski definition) is 1. The van der Waals surface area contributed by atoms with Crippen LogP contribution in [0.15, 0.2) is 10.5 Å². The molecule has 1 N–H and O–H groups in total. The fraction of sp³-hybridized carbons (Fsp3) is 0.765. The minimum Gasteiger partial charge on any atom is -0.466 e. The smallest absolute Gasteiger partial charge is 0.109 e. The summed E-state index contributed by atoms with van der Waals surface area (Å²) in [6, 6.07) is 3.99. The fourth-order valence-electron chi connectivity index (χ4n) is 3.93. The van der Waals surface area contributed by atoms with E-state index in [-0.39, 0.29) is 0 Å². The molecule has 1 aromatic rings. The van der Waals surface area contributed by atoms with Crippen LogP contribution in [0, 0.1) is 12.3 Å². The lowest BCUT2D eigenvalue weighted by Crippen LogP contribution is -2.39. The lowest BCUT2D eigenvalue weighted by Gasteiger charge is -2.36. The van der Waals surface area contributed by atoms with Crippen LogP contribution in [-0.2, 0) is 6.42 Å². The van der Waals surface area contributed by atoms with Gasteiger partial charge >= 0.3 is 0 Å². The minimum atomic E-state index is 0.324. The Morgan fingerprint density at radius 3 is 2.80 bits per heavy atom. The Hall–Kier alpha value is -0.800. The average molecular weight is 276 g/mol. The highest BCUT2D eigenvalue weighted by molar-refractivity contribution is 5.29. The monoisotopic (exact) mass is 276 g/mol. The van der Waals surface area contributed by atoms with Gasteiger partial charge in [-0.05, 0) is 45.2 Å². The second-order valence-electron chi connectivity index (χ2n) is 7.72. The molecule has 3 rings (SSSR count). The zero-order valence-corrected chi connectivity index (χ0v) is 13.5. The Kier molecular flexibility index (Phi) is 3.46. The van der Waals surface area contributed by atoms with Crippen molar-refractivity contribution in [2.24, 2.45) is 5.41 Å². The molecule has 3 nitrogen and oxygen atoms in total. The number of rotatable bonds is 2. The van der Waals surface area contributed by atoms with Crippen molar-refractivity contribution in [3.8, 4) is 0 Å². The van der Waals surface area contributed by atoms with Crippen LogP contribution in [-0.4, -0.2) is 30.6 Å². The summed E-state index contributed by atoms with van der Waals surface area (Å²) in [5.74, 6) is 2.26. The number of nitrogens with zero attached hydrogens (tertiary/aromatic N) is 1. The molecular weight excluding hydrogens is 248 g/mol. The van der Waals surface area contributed by atoms with Crippen LogP contribution < -0.4 is 5.32 Å². The fourth-order valence-corrected chi connectivity index (χ4v) is 3.93. The van der Waals surface area contributed by atoms with E-state index in [0.29, 0.717) is 23.5 Å². The van der Waals surface area contributed by atoms with E-state index in [4.69, 9.17) is 4.42 Å². The van der Waals surface area contributed by atoms with Crippen LogP contribution in [0.5, 0.6) is 0 Å². The molecule has 0 aromatic carbocycles. The van der Waals surface area contributed by atoms with Gasteiger partial charge in [0.15, 0.2) is 0 Å². The number of nitrogens with one attached hydrogen (secondary N) is 1. The van der Waals surface area contributed by atoms with Gasteiger partial charge in [0.05, 0.1) is 0 Å². The van der Waals surface area contributed by atoms with Gasteiger partial charge < -0.3 is 14.6 Å². The molecule has 1 aliphatic heterocycles. The summed E-state index contributed by atoms with van der Waals surface area (Å²) in [7, 11) is 2.23. The molecule has 0 amide bonds. The summed E-state index contributed by atoms with van der Waals surface area (Å²) >= 11 is 0. The van der Waals surface area contributed by atoms with Gasteiger partial charge in [-0.2, -0.15) is 0 Å².